The van der Waals surface area contributed by atoms with Crippen molar-refractivity contribution in [3.63, 3.8) is 0 Å². The minimum Gasteiger partial charge on any atom is -0.505 e. The molecule has 0 saturated heterocycles. The molecule has 0 heterocycles. The summed E-state index contributed by atoms with van der Waals surface area (Å²) in [5.74, 6) is -2.61. The average Bonchev–Trinajstić information content (AvgIpc) is 2.60. The minimum atomic E-state index is -1.12. The molecule has 126 valence electrons. The maximum Gasteiger partial charge on any atom is 0.200 e. The van der Waals surface area contributed by atoms with Gasteiger partial charge in [0.25, 0.3) is 0 Å². The van der Waals surface area contributed by atoms with Gasteiger partial charge in [-0.15, -0.1) is 0 Å². The quantitative estimate of drug-likeness (QED) is 0.687. The molecule has 0 atom stereocenters. The number of hydrogen-bond acceptors (Lipinski definition) is 1. The van der Waals surface area contributed by atoms with Gasteiger partial charge in [-0.3, -0.25) is 0 Å². The molecule has 1 aromatic rings. The Morgan fingerprint density at radius 3 is 2.35 bits per heavy atom. The highest BCUT2D eigenvalue weighted by Gasteiger charge is 2.37. The van der Waals surface area contributed by atoms with Crippen molar-refractivity contribution in [1.82, 2.24) is 0 Å². The molecule has 0 radical (unpaired) electrons. The third-order valence-electron chi connectivity index (χ3n) is 5.98. The van der Waals surface area contributed by atoms with Gasteiger partial charge in [0.15, 0.2) is 11.6 Å². The Bertz CT molecular complexity index is 612. The van der Waals surface area contributed by atoms with Crippen LogP contribution in [0.3, 0.4) is 0 Å². The summed E-state index contributed by atoms with van der Waals surface area (Å²) in [6.07, 6.45) is 11.2. The SMILES string of the molecule is CCC1(C2=C(c3ccc(O)c(F)c3F)CCCC2)CCCCC1. The smallest absolute Gasteiger partial charge is 0.200 e. The van der Waals surface area contributed by atoms with Crippen LogP contribution in [0.1, 0.15) is 76.7 Å². The average molecular weight is 320 g/mol. The number of phenols is 1. The molecule has 0 spiro atoms. The predicted molar refractivity (Wildman–Crippen MR) is 89.2 cm³/mol. The molecule has 1 N–H and O–H groups in total. The van der Waals surface area contributed by atoms with Crippen LogP contribution >= 0.6 is 0 Å². The number of halogens is 2. The van der Waals surface area contributed by atoms with Crippen molar-refractivity contribution in [2.24, 2.45) is 5.41 Å². The topological polar surface area (TPSA) is 20.2 Å². The van der Waals surface area contributed by atoms with E-state index in [-0.39, 0.29) is 5.41 Å². The summed E-state index contributed by atoms with van der Waals surface area (Å²) in [5, 5.41) is 9.40. The standard InChI is InChI=1S/C20H26F2O/c1-2-20(12-6-3-7-13-20)16-9-5-4-8-14(16)15-10-11-17(23)19(22)18(15)21/h10-11,23H,2-9,12-13H2,1H3. The van der Waals surface area contributed by atoms with Crippen LogP contribution in [0.4, 0.5) is 8.78 Å². The zero-order valence-corrected chi connectivity index (χ0v) is 13.9. The predicted octanol–water partition coefficient (Wildman–Crippen LogP) is 6.36. The molecule has 2 aliphatic carbocycles. The van der Waals surface area contributed by atoms with Crippen LogP contribution in [0.5, 0.6) is 5.75 Å². The Morgan fingerprint density at radius 1 is 0.957 bits per heavy atom. The van der Waals surface area contributed by atoms with Crippen LogP contribution in [0.25, 0.3) is 5.57 Å². The molecule has 1 aromatic carbocycles. The van der Waals surface area contributed by atoms with E-state index in [1.54, 1.807) is 6.07 Å². The Labute approximate surface area is 137 Å². The van der Waals surface area contributed by atoms with Crippen molar-refractivity contribution in [2.75, 3.05) is 0 Å². The van der Waals surface area contributed by atoms with E-state index in [9.17, 15) is 13.9 Å². The first-order valence-electron chi connectivity index (χ1n) is 8.99. The molecule has 3 heteroatoms. The van der Waals surface area contributed by atoms with Crippen molar-refractivity contribution >= 4 is 5.57 Å². The van der Waals surface area contributed by atoms with Gasteiger partial charge >= 0.3 is 0 Å². The van der Waals surface area contributed by atoms with E-state index in [0.29, 0.717) is 5.56 Å². The molecule has 0 unspecified atom stereocenters. The number of benzene rings is 1. The summed E-state index contributed by atoms with van der Waals surface area (Å²) < 4.78 is 28.3. The van der Waals surface area contributed by atoms with E-state index < -0.39 is 17.4 Å². The first-order valence-corrected chi connectivity index (χ1v) is 8.99. The maximum atomic E-state index is 14.4. The van der Waals surface area contributed by atoms with Gasteiger partial charge in [-0.1, -0.05) is 31.8 Å². The number of allylic oxidation sites excluding steroid dienone is 2. The zero-order valence-electron chi connectivity index (χ0n) is 13.9. The first kappa shape index (κ1) is 16.5. The monoisotopic (exact) mass is 320 g/mol. The minimum absolute atomic E-state index is 0.175. The lowest BCUT2D eigenvalue weighted by molar-refractivity contribution is 0.221. The molecule has 1 saturated carbocycles. The summed E-state index contributed by atoms with van der Waals surface area (Å²) in [5.41, 5.74) is 2.93. The molecule has 1 fully saturated rings. The van der Waals surface area contributed by atoms with E-state index in [2.05, 4.69) is 6.92 Å². The lowest BCUT2D eigenvalue weighted by Gasteiger charge is -2.42. The Kier molecular flexibility index (Phi) is 4.74. The van der Waals surface area contributed by atoms with Crippen LogP contribution in [-0.2, 0) is 0 Å². The molecule has 2 aliphatic rings. The number of phenolic OH excluding ortho intramolecular Hbond substituents is 1. The van der Waals surface area contributed by atoms with Crippen LogP contribution < -0.4 is 0 Å². The van der Waals surface area contributed by atoms with Crippen molar-refractivity contribution < 1.29 is 13.9 Å². The number of rotatable bonds is 3. The molecular weight excluding hydrogens is 294 g/mol. The lowest BCUT2D eigenvalue weighted by atomic mass is 9.63. The third-order valence-corrected chi connectivity index (χ3v) is 5.98. The van der Waals surface area contributed by atoms with E-state index in [1.165, 1.54) is 43.7 Å². The van der Waals surface area contributed by atoms with E-state index in [0.717, 1.165) is 37.7 Å². The highest BCUT2D eigenvalue weighted by molar-refractivity contribution is 5.71. The third kappa shape index (κ3) is 2.90. The van der Waals surface area contributed by atoms with E-state index in [4.69, 9.17) is 0 Å². The molecule has 0 bridgehead atoms. The summed E-state index contributed by atoms with van der Waals surface area (Å²) >= 11 is 0. The molecule has 1 nitrogen and oxygen atoms in total. The zero-order chi connectivity index (χ0) is 16.4. The molecule has 23 heavy (non-hydrogen) atoms. The van der Waals surface area contributed by atoms with Gasteiger partial charge in [-0.25, -0.2) is 4.39 Å². The highest BCUT2D eigenvalue weighted by atomic mass is 19.2. The maximum absolute atomic E-state index is 14.4. The van der Waals surface area contributed by atoms with Gasteiger partial charge in [-0.05, 0) is 68.1 Å². The largest absolute Gasteiger partial charge is 0.505 e. The van der Waals surface area contributed by atoms with Crippen molar-refractivity contribution in [3.8, 4) is 5.75 Å². The van der Waals surface area contributed by atoms with Crippen molar-refractivity contribution in [1.29, 1.82) is 0 Å². The fraction of sp³-hybridized carbons (Fsp3) is 0.600. The summed E-state index contributed by atoms with van der Waals surface area (Å²) in [6, 6.07) is 2.84. The lowest BCUT2D eigenvalue weighted by Crippen LogP contribution is -2.28. The molecular formula is C20H26F2O. The highest BCUT2D eigenvalue weighted by Crippen LogP contribution is 2.52. The number of aromatic hydroxyl groups is 1. The van der Waals surface area contributed by atoms with Gasteiger partial charge < -0.3 is 5.11 Å². The van der Waals surface area contributed by atoms with Crippen LogP contribution in [0.2, 0.25) is 0 Å². The fourth-order valence-electron chi connectivity index (χ4n) is 4.66. The van der Waals surface area contributed by atoms with Gasteiger partial charge in [0.05, 0.1) is 0 Å². The molecule has 0 aromatic heterocycles. The van der Waals surface area contributed by atoms with Crippen molar-refractivity contribution in [3.05, 3.63) is 34.9 Å². The Hall–Kier alpha value is -1.38. The van der Waals surface area contributed by atoms with Crippen molar-refractivity contribution in [2.45, 2.75) is 71.1 Å². The van der Waals surface area contributed by atoms with Crippen LogP contribution in [-0.4, -0.2) is 5.11 Å². The summed E-state index contributed by atoms with van der Waals surface area (Å²) in [4.78, 5) is 0. The second-order valence-electron chi connectivity index (χ2n) is 7.12. The fourth-order valence-corrected chi connectivity index (χ4v) is 4.66. The van der Waals surface area contributed by atoms with Gasteiger partial charge in [0.1, 0.15) is 0 Å². The van der Waals surface area contributed by atoms with E-state index in [1.807, 2.05) is 0 Å². The van der Waals surface area contributed by atoms with E-state index >= 15 is 0 Å². The summed E-state index contributed by atoms with van der Waals surface area (Å²) in [7, 11) is 0. The van der Waals surface area contributed by atoms with Gasteiger partial charge in [0.2, 0.25) is 5.82 Å². The molecule has 0 amide bonds. The Balaban J connectivity index is 2.13. The van der Waals surface area contributed by atoms with Crippen LogP contribution in [0, 0.1) is 17.0 Å². The molecule has 0 aliphatic heterocycles. The summed E-state index contributed by atoms with van der Waals surface area (Å²) in [6.45, 7) is 2.23. The first-order chi connectivity index (χ1) is 11.1. The van der Waals surface area contributed by atoms with Gasteiger partial charge in [-0.2, -0.15) is 4.39 Å². The van der Waals surface area contributed by atoms with Crippen LogP contribution in [0.15, 0.2) is 17.7 Å². The number of hydrogen-bond donors (Lipinski definition) is 1. The molecule has 3 rings (SSSR count). The Morgan fingerprint density at radius 2 is 1.65 bits per heavy atom. The normalized spacial score (nSPS) is 21.5. The van der Waals surface area contributed by atoms with Gasteiger partial charge in [0, 0.05) is 5.56 Å². The second-order valence-corrected chi connectivity index (χ2v) is 7.12. The second kappa shape index (κ2) is 6.62.